The summed E-state index contributed by atoms with van der Waals surface area (Å²) in [4.78, 5) is 11.5. The fourth-order valence-electron chi connectivity index (χ4n) is 2.00. The molecular formula is C9H20N3O+. The van der Waals surface area contributed by atoms with Gasteiger partial charge in [-0.25, -0.2) is 9.28 Å². The fourth-order valence-corrected chi connectivity index (χ4v) is 2.00. The number of carbonyl (C=O) groups excluding carboxylic acids is 1. The number of hydrogen-bond donors (Lipinski definition) is 2. The average molecular weight is 186 g/mol. The summed E-state index contributed by atoms with van der Waals surface area (Å²) >= 11 is 0. The van der Waals surface area contributed by atoms with Crippen LogP contribution in [0.15, 0.2) is 0 Å². The monoisotopic (exact) mass is 186 g/mol. The van der Waals surface area contributed by atoms with Gasteiger partial charge in [-0.1, -0.05) is 0 Å². The molecule has 13 heavy (non-hydrogen) atoms. The summed E-state index contributed by atoms with van der Waals surface area (Å²) < 4.78 is 0.403. The molecule has 1 aliphatic rings. The zero-order valence-corrected chi connectivity index (χ0v) is 8.76. The Morgan fingerprint density at radius 2 is 1.77 bits per heavy atom. The molecule has 0 aromatic rings. The van der Waals surface area contributed by atoms with Gasteiger partial charge in [0.2, 0.25) is 0 Å². The van der Waals surface area contributed by atoms with Gasteiger partial charge in [-0.15, -0.1) is 0 Å². The first-order valence-electron chi connectivity index (χ1n) is 4.78. The number of hydrogen-bond acceptors (Lipinski definition) is 2. The molecule has 3 N–H and O–H groups in total. The van der Waals surface area contributed by atoms with E-state index in [4.69, 9.17) is 5.73 Å². The third-order valence-corrected chi connectivity index (χ3v) is 3.05. The van der Waals surface area contributed by atoms with Crippen LogP contribution in [-0.2, 0) is 0 Å². The smallest absolute Gasteiger partial charge is 0.319 e. The van der Waals surface area contributed by atoms with Crippen LogP contribution in [-0.4, -0.2) is 42.2 Å². The molecule has 1 saturated heterocycles. The molecule has 1 rings (SSSR count). The molecule has 0 unspecified atom stereocenters. The van der Waals surface area contributed by atoms with Crippen molar-refractivity contribution in [2.45, 2.75) is 26.3 Å². The van der Waals surface area contributed by atoms with Crippen LogP contribution in [0, 0.1) is 0 Å². The maximum Gasteiger partial charge on any atom is 0.414 e. The number of primary amides is 1. The first-order chi connectivity index (χ1) is 5.90. The number of nitrogens with zero attached hydrogens (tertiary/aromatic N) is 1. The van der Waals surface area contributed by atoms with Crippen LogP contribution in [0.3, 0.4) is 0 Å². The Hall–Kier alpha value is -0.610. The second-order valence-corrected chi connectivity index (χ2v) is 4.67. The Kier molecular flexibility index (Phi) is 2.63. The van der Waals surface area contributed by atoms with Crippen molar-refractivity contribution >= 4 is 6.03 Å². The summed E-state index contributed by atoms with van der Waals surface area (Å²) in [6, 6.07) is -0.200. The standard InChI is InChI=1S/C9H19N3O/c1-9(2,3)12(8(10)13)6-4-11-5-7-12/h11H,4-7H2,1-3H3,(H-,10,13)/p+1. The lowest BCUT2D eigenvalue weighted by molar-refractivity contribution is -0.897. The van der Waals surface area contributed by atoms with Gasteiger partial charge in [0.1, 0.15) is 13.1 Å². The quantitative estimate of drug-likeness (QED) is 0.534. The Bertz CT molecular complexity index is 201. The molecule has 0 atom stereocenters. The molecule has 0 saturated carbocycles. The van der Waals surface area contributed by atoms with Crippen LogP contribution in [0.25, 0.3) is 0 Å². The highest BCUT2D eigenvalue weighted by atomic mass is 16.2. The predicted octanol–water partition coefficient (Wildman–Crippen LogP) is 0.284. The summed E-state index contributed by atoms with van der Waals surface area (Å²) in [5, 5.41) is 3.24. The van der Waals surface area contributed by atoms with Crippen molar-refractivity contribution in [2.75, 3.05) is 26.2 Å². The highest BCUT2D eigenvalue weighted by molar-refractivity contribution is 5.65. The number of urea groups is 1. The summed E-state index contributed by atoms with van der Waals surface area (Å²) in [5.41, 5.74) is 5.40. The van der Waals surface area contributed by atoms with Crippen molar-refractivity contribution in [1.82, 2.24) is 5.32 Å². The summed E-state index contributed by atoms with van der Waals surface area (Å²) in [6.45, 7) is 9.58. The van der Waals surface area contributed by atoms with Crippen LogP contribution >= 0.6 is 0 Å². The van der Waals surface area contributed by atoms with Crippen LogP contribution in [0.5, 0.6) is 0 Å². The van der Waals surface area contributed by atoms with E-state index in [0.717, 1.165) is 26.2 Å². The van der Waals surface area contributed by atoms with E-state index in [0.29, 0.717) is 4.48 Å². The minimum absolute atomic E-state index is 0.0894. The molecule has 0 aromatic carbocycles. The van der Waals surface area contributed by atoms with E-state index in [2.05, 4.69) is 26.1 Å². The number of piperazine rings is 1. The lowest BCUT2D eigenvalue weighted by Crippen LogP contribution is -2.71. The van der Waals surface area contributed by atoms with Gasteiger partial charge in [0.25, 0.3) is 0 Å². The van der Waals surface area contributed by atoms with Gasteiger partial charge in [-0.3, -0.25) is 0 Å². The molecule has 0 bridgehead atoms. The molecule has 4 heteroatoms. The van der Waals surface area contributed by atoms with Gasteiger partial charge in [0, 0.05) is 13.1 Å². The zero-order valence-electron chi connectivity index (χ0n) is 8.76. The first-order valence-corrected chi connectivity index (χ1v) is 4.78. The molecule has 0 radical (unpaired) electrons. The summed E-state index contributed by atoms with van der Waals surface area (Å²) in [6.07, 6.45) is 0. The summed E-state index contributed by atoms with van der Waals surface area (Å²) in [7, 11) is 0. The molecule has 1 heterocycles. The van der Waals surface area contributed by atoms with Crippen molar-refractivity contribution in [1.29, 1.82) is 0 Å². The van der Waals surface area contributed by atoms with Gasteiger partial charge in [-0.05, 0) is 20.8 Å². The molecule has 0 aromatic heterocycles. The van der Waals surface area contributed by atoms with E-state index < -0.39 is 0 Å². The molecule has 2 amide bonds. The van der Waals surface area contributed by atoms with E-state index in [1.807, 2.05) is 0 Å². The lowest BCUT2D eigenvalue weighted by Gasteiger charge is -2.47. The van der Waals surface area contributed by atoms with E-state index in [1.165, 1.54) is 0 Å². The second kappa shape index (κ2) is 3.27. The maximum absolute atomic E-state index is 11.5. The minimum atomic E-state index is -0.200. The number of carbonyl (C=O) groups is 1. The third kappa shape index (κ3) is 1.69. The number of rotatable bonds is 0. The summed E-state index contributed by atoms with van der Waals surface area (Å²) in [5.74, 6) is 0. The SMILES string of the molecule is CC(C)(C)[N+]1(C(N)=O)CCNCC1. The number of amides is 2. The number of quaternary nitrogens is 1. The van der Waals surface area contributed by atoms with Crippen molar-refractivity contribution in [3.05, 3.63) is 0 Å². The van der Waals surface area contributed by atoms with Crippen molar-refractivity contribution in [2.24, 2.45) is 5.73 Å². The topological polar surface area (TPSA) is 55.1 Å². The van der Waals surface area contributed by atoms with Gasteiger partial charge in [0.15, 0.2) is 0 Å². The largest absolute Gasteiger partial charge is 0.414 e. The van der Waals surface area contributed by atoms with E-state index in [-0.39, 0.29) is 11.6 Å². The highest BCUT2D eigenvalue weighted by Gasteiger charge is 2.46. The Morgan fingerprint density at radius 1 is 1.31 bits per heavy atom. The van der Waals surface area contributed by atoms with Crippen LogP contribution in [0.4, 0.5) is 4.79 Å². The van der Waals surface area contributed by atoms with Gasteiger partial charge >= 0.3 is 6.03 Å². The Labute approximate surface area is 79.7 Å². The lowest BCUT2D eigenvalue weighted by atomic mass is 10.0. The van der Waals surface area contributed by atoms with Crippen molar-refractivity contribution in [3.63, 3.8) is 0 Å². The number of nitrogens with two attached hydrogens (primary N) is 1. The first kappa shape index (κ1) is 10.5. The van der Waals surface area contributed by atoms with Gasteiger partial charge in [-0.2, -0.15) is 0 Å². The molecule has 4 nitrogen and oxygen atoms in total. The van der Waals surface area contributed by atoms with Crippen LogP contribution in [0.1, 0.15) is 20.8 Å². The zero-order chi connectivity index (χ0) is 10.1. The highest BCUT2D eigenvalue weighted by Crippen LogP contribution is 2.24. The third-order valence-electron chi connectivity index (χ3n) is 3.05. The second-order valence-electron chi connectivity index (χ2n) is 4.67. The molecular weight excluding hydrogens is 166 g/mol. The Morgan fingerprint density at radius 3 is 2.00 bits per heavy atom. The van der Waals surface area contributed by atoms with E-state index in [9.17, 15) is 4.79 Å². The van der Waals surface area contributed by atoms with E-state index in [1.54, 1.807) is 0 Å². The van der Waals surface area contributed by atoms with Gasteiger partial charge < -0.3 is 11.1 Å². The predicted molar refractivity (Wildman–Crippen MR) is 52.2 cm³/mol. The molecule has 0 aliphatic carbocycles. The molecule has 0 spiro atoms. The Balaban J connectivity index is 2.93. The molecule has 76 valence electrons. The van der Waals surface area contributed by atoms with Crippen molar-refractivity contribution in [3.8, 4) is 0 Å². The average Bonchev–Trinajstić information content (AvgIpc) is 2.03. The van der Waals surface area contributed by atoms with E-state index >= 15 is 0 Å². The minimum Gasteiger partial charge on any atom is -0.319 e. The molecule has 1 aliphatic heterocycles. The maximum atomic E-state index is 11.5. The normalized spacial score (nSPS) is 22.7. The fraction of sp³-hybridized carbons (Fsp3) is 0.889. The molecule has 1 fully saturated rings. The van der Waals surface area contributed by atoms with Crippen LogP contribution in [0.2, 0.25) is 0 Å². The number of nitrogens with one attached hydrogen (secondary N) is 1. The van der Waals surface area contributed by atoms with Gasteiger partial charge in [0.05, 0.1) is 5.54 Å². The van der Waals surface area contributed by atoms with Crippen molar-refractivity contribution < 1.29 is 9.28 Å². The van der Waals surface area contributed by atoms with Crippen LogP contribution < -0.4 is 11.1 Å².